The standard InChI is InChI=1S/C7H16O/c1-4-7(3)6-8-5-2/h7H,4-6H2,1-3H3. The Kier molecular flexibility index (Phi) is 5.08. The maximum atomic E-state index is 5.19. The van der Waals surface area contributed by atoms with Gasteiger partial charge in [0.25, 0.3) is 0 Å². The van der Waals surface area contributed by atoms with E-state index in [-0.39, 0.29) is 0 Å². The van der Waals surface area contributed by atoms with Gasteiger partial charge in [-0.15, -0.1) is 0 Å². The summed E-state index contributed by atoms with van der Waals surface area (Å²) in [5, 5.41) is 0. The highest BCUT2D eigenvalue weighted by Gasteiger charge is 1.94. The van der Waals surface area contributed by atoms with E-state index in [4.69, 9.17) is 4.74 Å². The third-order valence-electron chi connectivity index (χ3n) is 1.30. The molecule has 0 saturated carbocycles. The smallest absolute Gasteiger partial charge is 0.0491 e. The first kappa shape index (κ1) is 7.96. The minimum atomic E-state index is 0.731. The van der Waals surface area contributed by atoms with Gasteiger partial charge in [0.15, 0.2) is 0 Å². The van der Waals surface area contributed by atoms with Gasteiger partial charge in [0.05, 0.1) is 0 Å². The monoisotopic (exact) mass is 116 g/mol. The lowest BCUT2D eigenvalue weighted by Crippen LogP contribution is -2.03. The predicted octanol–water partition coefficient (Wildman–Crippen LogP) is 2.07. The van der Waals surface area contributed by atoms with Crippen molar-refractivity contribution in [3.05, 3.63) is 0 Å². The maximum absolute atomic E-state index is 5.19. The third kappa shape index (κ3) is 4.13. The van der Waals surface area contributed by atoms with Crippen LogP contribution in [0.2, 0.25) is 0 Å². The number of ether oxygens (including phenoxy) is 1. The normalized spacial score (nSPS) is 13.9. The Bertz CT molecular complexity index is 43.7. The molecule has 1 unspecified atom stereocenters. The molecule has 0 bridgehead atoms. The summed E-state index contributed by atoms with van der Waals surface area (Å²) in [5.74, 6) is 0.731. The van der Waals surface area contributed by atoms with Crippen molar-refractivity contribution in [3.63, 3.8) is 0 Å². The summed E-state index contributed by atoms with van der Waals surface area (Å²) in [7, 11) is 0. The Hall–Kier alpha value is -0.0400. The molecule has 0 aliphatic carbocycles. The van der Waals surface area contributed by atoms with Gasteiger partial charge in [-0.1, -0.05) is 20.3 Å². The molecule has 0 radical (unpaired) electrons. The van der Waals surface area contributed by atoms with Gasteiger partial charge in [-0.2, -0.15) is 0 Å². The summed E-state index contributed by atoms with van der Waals surface area (Å²) in [4.78, 5) is 0. The van der Waals surface area contributed by atoms with Crippen LogP contribution in [0.5, 0.6) is 0 Å². The predicted molar refractivity (Wildman–Crippen MR) is 35.9 cm³/mol. The van der Waals surface area contributed by atoms with Crippen LogP contribution in [0.4, 0.5) is 0 Å². The highest BCUT2D eigenvalue weighted by molar-refractivity contribution is 4.44. The first-order chi connectivity index (χ1) is 3.81. The summed E-state index contributed by atoms with van der Waals surface area (Å²) in [5.41, 5.74) is 0. The summed E-state index contributed by atoms with van der Waals surface area (Å²) in [6.45, 7) is 8.19. The molecule has 50 valence electrons. The number of hydrogen-bond acceptors (Lipinski definition) is 1. The van der Waals surface area contributed by atoms with E-state index in [0.717, 1.165) is 19.1 Å². The molecule has 0 fully saturated rings. The molecule has 0 spiro atoms. The van der Waals surface area contributed by atoms with Gasteiger partial charge >= 0.3 is 0 Å². The molecule has 1 nitrogen and oxygen atoms in total. The van der Waals surface area contributed by atoms with Crippen molar-refractivity contribution in [2.45, 2.75) is 27.2 Å². The van der Waals surface area contributed by atoms with Crippen LogP contribution in [0.25, 0.3) is 0 Å². The number of rotatable bonds is 4. The van der Waals surface area contributed by atoms with Crippen molar-refractivity contribution in [3.8, 4) is 0 Å². The van der Waals surface area contributed by atoms with Crippen molar-refractivity contribution < 1.29 is 4.74 Å². The lowest BCUT2D eigenvalue weighted by atomic mass is 10.1. The first-order valence-corrected chi connectivity index (χ1v) is 3.39. The Balaban J connectivity index is 2.86. The zero-order chi connectivity index (χ0) is 6.41. The quantitative estimate of drug-likeness (QED) is 0.546. The zero-order valence-corrected chi connectivity index (χ0v) is 6.11. The highest BCUT2D eigenvalue weighted by Crippen LogP contribution is 1.99. The second-order valence-electron chi connectivity index (χ2n) is 2.17. The molecule has 0 heterocycles. The van der Waals surface area contributed by atoms with E-state index in [1.165, 1.54) is 6.42 Å². The Morgan fingerprint density at radius 1 is 1.38 bits per heavy atom. The van der Waals surface area contributed by atoms with Crippen molar-refractivity contribution >= 4 is 0 Å². The zero-order valence-electron chi connectivity index (χ0n) is 6.11. The van der Waals surface area contributed by atoms with Gasteiger partial charge in [-0.3, -0.25) is 0 Å². The average molecular weight is 116 g/mol. The van der Waals surface area contributed by atoms with Gasteiger partial charge in [-0.05, 0) is 12.8 Å². The fraction of sp³-hybridized carbons (Fsp3) is 1.00. The molecule has 0 aromatic carbocycles. The van der Waals surface area contributed by atoms with Crippen LogP contribution >= 0.6 is 0 Å². The number of hydrogen-bond donors (Lipinski definition) is 0. The summed E-state index contributed by atoms with van der Waals surface area (Å²) >= 11 is 0. The van der Waals surface area contributed by atoms with E-state index < -0.39 is 0 Å². The largest absolute Gasteiger partial charge is 0.381 e. The Morgan fingerprint density at radius 2 is 2.00 bits per heavy atom. The van der Waals surface area contributed by atoms with E-state index in [2.05, 4.69) is 13.8 Å². The highest BCUT2D eigenvalue weighted by atomic mass is 16.5. The van der Waals surface area contributed by atoms with Gasteiger partial charge < -0.3 is 4.74 Å². The topological polar surface area (TPSA) is 9.23 Å². The molecule has 0 aliphatic rings. The maximum Gasteiger partial charge on any atom is 0.0491 e. The van der Waals surface area contributed by atoms with E-state index in [9.17, 15) is 0 Å². The molecule has 0 saturated heterocycles. The van der Waals surface area contributed by atoms with Crippen LogP contribution in [0, 0.1) is 5.92 Å². The molecule has 8 heavy (non-hydrogen) atoms. The summed E-state index contributed by atoms with van der Waals surface area (Å²) in [6, 6.07) is 0. The Morgan fingerprint density at radius 3 is 2.38 bits per heavy atom. The molecule has 0 amide bonds. The van der Waals surface area contributed by atoms with Gasteiger partial charge in [0, 0.05) is 13.2 Å². The van der Waals surface area contributed by atoms with Gasteiger partial charge in [-0.25, -0.2) is 0 Å². The van der Waals surface area contributed by atoms with Crippen LogP contribution in [-0.2, 0) is 4.74 Å². The molecule has 0 aliphatic heterocycles. The lowest BCUT2D eigenvalue weighted by Gasteiger charge is -2.05. The van der Waals surface area contributed by atoms with E-state index in [1.807, 2.05) is 6.92 Å². The summed E-state index contributed by atoms with van der Waals surface area (Å²) in [6.07, 6.45) is 1.22. The van der Waals surface area contributed by atoms with Crippen molar-refractivity contribution in [1.82, 2.24) is 0 Å². The van der Waals surface area contributed by atoms with Crippen LogP contribution in [0.15, 0.2) is 0 Å². The summed E-state index contributed by atoms with van der Waals surface area (Å²) < 4.78 is 5.19. The van der Waals surface area contributed by atoms with Crippen LogP contribution in [0.1, 0.15) is 27.2 Å². The second kappa shape index (κ2) is 5.10. The van der Waals surface area contributed by atoms with Gasteiger partial charge in [0.2, 0.25) is 0 Å². The molecular formula is C7H16O. The van der Waals surface area contributed by atoms with Crippen LogP contribution in [-0.4, -0.2) is 13.2 Å². The molecule has 0 rings (SSSR count). The van der Waals surface area contributed by atoms with Crippen molar-refractivity contribution in [2.75, 3.05) is 13.2 Å². The molecule has 0 aromatic rings. The second-order valence-corrected chi connectivity index (χ2v) is 2.17. The first-order valence-electron chi connectivity index (χ1n) is 3.39. The van der Waals surface area contributed by atoms with E-state index in [0.29, 0.717) is 0 Å². The fourth-order valence-corrected chi connectivity index (χ4v) is 0.437. The molecular weight excluding hydrogens is 100 g/mol. The molecule has 1 atom stereocenters. The van der Waals surface area contributed by atoms with Gasteiger partial charge in [0.1, 0.15) is 0 Å². The fourth-order valence-electron chi connectivity index (χ4n) is 0.437. The van der Waals surface area contributed by atoms with Crippen molar-refractivity contribution in [2.24, 2.45) is 5.92 Å². The molecule has 0 aromatic heterocycles. The van der Waals surface area contributed by atoms with E-state index >= 15 is 0 Å². The minimum Gasteiger partial charge on any atom is -0.381 e. The van der Waals surface area contributed by atoms with E-state index in [1.54, 1.807) is 0 Å². The molecule has 1 heteroatoms. The molecule has 0 N–H and O–H groups in total. The van der Waals surface area contributed by atoms with Crippen molar-refractivity contribution in [1.29, 1.82) is 0 Å². The lowest BCUT2D eigenvalue weighted by molar-refractivity contribution is 0.115. The minimum absolute atomic E-state index is 0.731. The van der Waals surface area contributed by atoms with Crippen LogP contribution < -0.4 is 0 Å². The SMILES string of the molecule is CCOCC(C)CC. The Labute approximate surface area is 52.0 Å². The van der Waals surface area contributed by atoms with Crippen LogP contribution in [0.3, 0.4) is 0 Å². The third-order valence-corrected chi connectivity index (χ3v) is 1.30. The average Bonchev–Trinajstić information content (AvgIpc) is 1.83.